The van der Waals surface area contributed by atoms with E-state index in [0.29, 0.717) is 49.3 Å². The van der Waals surface area contributed by atoms with Gasteiger partial charge in [-0.3, -0.25) is 4.79 Å². The summed E-state index contributed by atoms with van der Waals surface area (Å²) < 4.78 is 5.30. The third-order valence-corrected chi connectivity index (χ3v) is 4.39. The van der Waals surface area contributed by atoms with Gasteiger partial charge < -0.3 is 19.9 Å². The normalized spacial score (nSPS) is 15.6. The van der Waals surface area contributed by atoms with E-state index in [0.717, 1.165) is 19.5 Å². The molecule has 0 unspecified atom stereocenters. The summed E-state index contributed by atoms with van der Waals surface area (Å²) in [5, 5.41) is 3.45. The summed E-state index contributed by atoms with van der Waals surface area (Å²) in [7, 11) is 0. The quantitative estimate of drug-likeness (QED) is 0.819. The highest BCUT2D eigenvalue weighted by atomic mass is 35.5. The molecule has 6 nitrogen and oxygen atoms in total. The highest BCUT2D eigenvalue weighted by Crippen LogP contribution is 2.15. The standard InChI is InChI=1S/C19H28ClN3O3/c1-15(2)14-26-19(25)23-9-4-8-22(11-12-23)10-7-18(24)21-17-6-3-5-16(20)13-17/h3,5-6,13,15H,4,7-12,14H2,1-2H3,(H,21,24). The Morgan fingerprint density at radius 1 is 1.23 bits per heavy atom. The van der Waals surface area contributed by atoms with Gasteiger partial charge in [-0.25, -0.2) is 4.79 Å². The Balaban J connectivity index is 1.72. The summed E-state index contributed by atoms with van der Waals surface area (Å²) in [6.45, 7) is 8.11. The predicted octanol–water partition coefficient (Wildman–Crippen LogP) is 3.47. The van der Waals surface area contributed by atoms with Crippen LogP contribution in [0.4, 0.5) is 10.5 Å². The van der Waals surface area contributed by atoms with Gasteiger partial charge in [0.25, 0.3) is 0 Å². The summed E-state index contributed by atoms with van der Waals surface area (Å²) in [5.74, 6) is 0.296. The predicted molar refractivity (Wildman–Crippen MR) is 104 cm³/mol. The lowest BCUT2D eigenvalue weighted by molar-refractivity contribution is -0.116. The first kappa shape index (κ1) is 20.5. The molecule has 0 aliphatic carbocycles. The zero-order valence-electron chi connectivity index (χ0n) is 15.5. The first-order valence-corrected chi connectivity index (χ1v) is 9.51. The molecule has 0 spiro atoms. The molecule has 26 heavy (non-hydrogen) atoms. The van der Waals surface area contributed by atoms with Crippen LogP contribution in [0.2, 0.25) is 5.02 Å². The third kappa shape index (κ3) is 7.22. The topological polar surface area (TPSA) is 61.9 Å². The van der Waals surface area contributed by atoms with Crippen LogP contribution in [0.25, 0.3) is 0 Å². The van der Waals surface area contributed by atoms with E-state index < -0.39 is 0 Å². The van der Waals surface area contributed by atoms with E-state index in [9.17, 15) is 9.59 Å². The van der Waals surface area contributed by atoms with Crippen molar-refractivity contribution in [2.24, 2.45) is 5.92 Å². The molecule has 0 atom stereocenters. The van der Waals surface area contributed by atoms with Crippen LogP contribution in [0, 0.1) is 5.92 Å². The molecule has 144 valence electrons. The largest absolute Gasteiger partial charge is 0.449 e. The fourth-order valence-corrected chi connectivity index (χ4v) is 2.95. The number of halogens is 1. The summed E-state index contributed by atoms with van der Waals surface area (Å²) in [6.07, 6.45) is 1.05. The molecule has 1 fully saturated rings. The van der Waals surface area contributed by atoms with Gasteiger partial charge in [-0.15, -0.1) is 0 Å². The van der Waals surface area contributed by atoms with E-state index in [2.05, 4.69) is 10.2 Å². The molecule has 1 aromatic rings. The van der Waals surface area contributed by atoms with Crippen molar-refractivity contribution in [3.8, 4) is 0 Å². The number of anilines is 1. The van der Waals surface area contributed by atoms with E-state index in [1.165, 1.54) is 0 Å². The van der Waals surface area contributed by atoms with Gasteiger partial charge in [-0.1, -0.05) is 31.5 Å². The molecule has 0 aromatic heterocycles. The highest BCUT2D eigenvalue weighted by molar-refractivity contribution is 6.30. The number of benzene rings is 1. The maximum atomic E-state index is 12.1. The molecule has 2 amide bonds. The van der Waals surface area contributed by atoms with E-state index in [1.54, 1.807) is 23.1 Å². The maximum Gasteiger partial charge on any atom is 0.409 e. The van der Waals surface area contributed by atoms with Crippen LogP contribution in [-0.2, 0) is 9.53 Å². The molecule has 2 rings (SSSR count). The van der Waals surface area contributed by atoms with Gasteiger partial charge in [0.1, 0.15) is 0 Å². The van der Waals surface area contributed by atoms with Crippen LogP contribution >= 0.6 is 11.6 Å². The lowest BCUT2D eigenvalue weighted by Gasteiger charge is -2.22. The average molecular weight is 382 g/mol. The Morgan fingerprint density at radius 2 is 2.04 bits per heavy atom. The summed E-state index contributed by atoms with van der Waals surface area (Å²) in [5.41, 5.74) is 0.706. The van der Waals surface area contributed by atoms with Gasteiger partial charge in [0.2, 0.25) is 5.91 Å². The number of amides is 2. The van der Waals surface area contributed by atoms with E-state index in [1.807, 2.05) is 19.9 Å². The van der Waals surface area contributed by atoms with Crippen LogP contribution in [-0.4, -0.2) is 61.1 Å². The molecule has 1 N–H and O–H groups in total. The number of nitrogens with zero attached hydrogens (tertiary/aromatic N) is 2. The maximum absolute atomic E-state index is 12.1. The second kappa shape index (κ2) is 10.4. The fraction of sp³-hybridized carbons (Fsp3) is 0.579. The Bertz CT molecular complexity index is 609. The van der Waals surface area contributed by atoms with Crippen molar-refractivity contribution in [2.45, 2.75) is 26.7 Å². The lowest BCUT2D eigenvalue weighted by Crippen LogP contribution is -2.36. The van der Waals surface area contributed by atoms with Crippen LogP contribution in [0.3, 0.4) is 0 Å². The Kier molecular flexibility index (Phi) is 8.19. The first-order chi connectivity index (χ1) is 12.4. The molecule has 1 aliphatic rings. The van der Waals surface area contributed by atoms with E-state index in [-0.39, 0.29) is 12.0 Å². The second-order valence-corrected chi connectivity index (χ2v) is 7.40. The molecule has 7 heteroatoms. The van der Waals surface area contributed by atoms with Crippen molar-refractivity contribution < 1.29 is 14.3 Å². The van der Waals surface area contributed by atoms with Gasteiger partial charge in [0, 0.05) is 43.3 Å². The fourth-order valence-electron chi connectivity index (χ4n) is 2.76. The number of rotatable bonds is 6. The van der Waals surface area contributed by atoms with Crippen molar-refractivity contribution in [1.29, 1.82) is 0 Å². The van der Waals surface area contributed by atoms with Gasteiger partial charge in [0.15, 0.2) is 0 Å². The Hall–Kier alpha value is -1.79. The number of ether oxygens (including phenoxy) is 1. The number of hydrogen-bond donors (Lipinski definition) is 1. The number of hydrogen-bond acceptors (Lipinski definition) is 4. The van der Waals surface area contributed by atoms with Gasteiger partial charge in [0.05, 0.1) is 6.61 Å². The van der Waals surface area contributed by atoms with Crippen LogP contribution in [0.1, 0.15) is 26.7 Å². The third-order valence-electron chi connectivity index (χ3n) is 4.15. The number of nitrogens with one attached hydrogen (secondary N) is 1. The minimum absolute atomic E-state index is 0.0373. The molecule has 1 aromatic carbocycles. The smallest absolute Gasteiger partial charge is 0.409 e. The molecule has 0 saturated carbocycles. The number of carbonyl (C=O) groups excluding carboxylic acids is 2. The minimum Gasteiger partial charge on any atom is -0.449 e. The van der Waals surface area contributed by atoms with Crippen molar-refractivity contribution in [3.63, 3.8) is 0 Å². The lowest BCUT2D eigenvalue weighted by atomic mass is 10.2. The van der Waals surface area contributed by atoms with Crippen molar-refractivity contribution in [3.05, 3.63) is 29.3 Å². The molecule has 0 bridgehead atoms. The van der Waals surface area contributed by atoms with Gasteiger partial charge in [-0.2, -0.15) is 0 Å². The van der Waals surface area contributed by atoms with E-state index >= 15 is 0 Å². The van der Waals surface area contributed by atoms with Crippen LogP contribution < -0.4 is 5.32 Å². The second-order valence-electron chi connectivity index (χ2n) is 6.96. The Labute approximate surface area is 160 Å². The zero-order chi connectivity index (χ0) is 18.9. The molecular weight excluding hydrogens is 354 g/mol. The van der Waals surface area contributed by atoms with E-state index in [4.69, 9.17) is 16.3 Å². The van der Waals surface area contributed by atoms with Crippen molar-refractivity contribution >= 4 is 29.3 Å². The van der Waals surface area contributed by atoms with Gasteiger partial charge >= 0.3 is 6.09 Å². The summed E-state index contributed by atoms with van der Waals surface area (Å²) >= 11 is 5.92. The Morgan fingerprint density at radius 3 is 2.77 bits per heavy atom. The summed E-state index contributed by atoms with van der Waals surface area (Å²) in [4.78, 5) is 28.2. The van der Waals surface area contributed by atoms with Crippen LogP contribution in [0.5, 0.6) is 0 Å². The first-order valence-electron chi connectivity index (χ1n) is 9.13. The van der Waals surface area contributed by atoms with Crippen molar-refractivity contribution in [2.75, 3.05) is 44.6 Å². The highest BCUT2D eigenvalue weighted by Gasteiger charge is 2.20. The van der Waals surface area contributed by atoms with Crippen molar-refractivity contribution in [1.82, 2.24) is 9.80 Å². The zero-order valence-corrected chi connectivity index (χ0v) is 16.3. The van der Waals surface area contributed by atoms with Crippen LogP contribution in [0.15, 0.2) is 24.3 Å². The number of carbonyl (C=O) groups is 2. The molecular formula is C19H28ClN3O3. The SMILES string of the molecule is CC(C)COC(=O)N1CCCN(CCC(=O)Nc2cccc(Cl)c2)CC1. The molecule has 1 saturated heterocycles. The average Bonchev–Trinajstić information content (AvgIpc) is 2.83. The minimum atomic E-state index is -0.237. The molecule has 1 aliphatic heterocycles. The monoisotopic (exact) mass is 381 g/mol. The summed E-state index contributed by atoms with van der Waals surface area (Å²) in [6, 6.07) is 7.12. The molecule has 1 heterocycles. The molecule has 0 radical (unpaired) electrons. The van der Waals surface area contributed by atoms with Gasteiger partial charge in [-0.05, 0) is 37.1 Å².